The summed E-state index contributed by atoms with van der Waals surface area (Å²) in [4.78, 5) is 14.8. The summed E-state index contributed by atoms with van der Waals surface area (Å²) >= 11 is 0. The maximum atomic E-state index is 12.9. The van der Waals surface area contributed by atoms with Crippen LogP contribution >= 0.6 is 12.4 Å². The molecule has 0 bridgehead atoms. The van der Waals surface area contributed by atoms with Crippen molar-refractivity contribution in [3.63, 3.8) is 0 Å². The van der Waals surface area contributed by atoms with Crippen LogP contribution in [0.4, 0.5) is 11.4 Å². The van der Waals surface area contributed by atoms with Gasteiger partial charge in [0.2, 0.25) is 5.91 Å². The van der Waals surface area contributed by atoms with Crippen molar-refractivity contribution in [3.05, 3.63) is 40.7 Å². The van der Waals surface area contributed by atoms with Crippen LogP contribution < -0.4 is 10.6 Å². The van der Waals surface area contributed by atoms with Crippen LogP contribution in [0.15, 0.2) is 18.2 Å². The maximum absolute atomic E-state index is 12.9. The van der Waals surface area contributed by atoms with Crippen LogP contribution in [0.1, 0.15) is 49.2 Å². The number of carbonyl (C=O) groups is 1. The highest BCUT2D eigenvalue weighted by atomic mass is 35.5. The van der Waals surface area contributed by atoms with Gasteiger partial charge in [0.15, 0.2) is 0 Å². The highest BCUT2D eigenvalue weighted by Gasteiger charge is 2.24. The first-order valence-electron chi connectivity index (χ1n) is 9.59. The Hall–Kier alpha value is -2.01. The highest BCUT2D eigenvalue weighted by Crippen LogP contribution is 2.32. The zero-order chi connectivity index (χ0) is 18.8. The Bertz CT molecular complexity index is 813. The first-order chi connectivity index (χ1) is 12.4. The number of aryl methyl sites for hydroxylation is 1. The van der Waals surface area contributed by atoms with Crippen molar-refractivity contribution in [2.75, 3.05) is 17.2 Å². The molecule has 0 saturated heterocycles. The van der Waals surface area contributed by atoms with Crippen molar-refractivity contribution in [2.24, 2.45) is 5.92 Å². The van der Waals surface area contributed by atoms with E-state index in [1.165, 1.54) is 11.3 Å². The smallest absolute Gasteiger partial charge is 0.227 e. The second-order valence-corrected chi connectivity index (χ2v) is 7.72. The zero-order valence-electron chi connectivity index (χ0n) is 16.8. The van der Waals surface area contributed by atoms with E-state index in [1.54, 1.807) is 0 Å². The molecule has 0 fully saturated rings. The molecule has 0 spiro atoms. The number of amides is 1. The van der Waals surface area contributed by atoms with Gasteiger partial charge in [-0.15, -0.1) is 12.4 Å². The van der Waals surface area contributed by atoms with Crippen LogP contribution in [0.3, 0.4) is 0 Å². The van der Waals surface area contributed by atoms with Crippen LogP contribution in [0.25, 0.3) is 0 Å². The molecule has 148 valence electrons. The van der Waals surface area contributed by atoms with E-state index >= 15 is 0 Å². The summed E-state index contributed by atoms with van der Waals surface area (Å²) in [5, 5.41) is 4.66. The second kappa shape index (κ2) is 8.79. The van der Waals surface area contributed by atoms with E-state index in [0.717, 1.165) is 55.0 Å². The van der Waals surface area contributed by atoms with Crippen molar-refractivity contribution < 1.29 is 4.79 Å². The van der Waals surface area contributed by atoms with E-state index in [1.807, 2.05) is 30.0 Å². The van der Waals surface area contributed by atoms with Gasteiger partial charge in [-0.3, -0.25) is 9.48 Å². The van der Waals surface area contributed by atoms with Gasteiger partial charge in [0, 0.05) is 36.6 Å². The third-order valence-electron chi connectivity index (χ3n) is 5.25. The largest absolute Gasteiger partial charge is 0.398 e. The Morgan fingerprint density at radius 2 is 2.04 bits per heavy atom. The van der Waals surface area contributed by atoms with E-state index < -0.39 is 0 Å². The number of anilines is 2. The number of benzene rings is 1. The SMILES string of the molecule is Cc1nn(CC(C)C)c(C)c1CCC(=O)N1CCCc2c(N)cccc21.Cl. The van der Waals surface area contributed by atoms with Crippen LogP contribution in [-0.2, 0) is 24.2 Å². The summed E-state index contributed by atoms with van der Waals surface area (Å²) in [5.74, 6) is 0.727. The van der Waals surface area contributed by atoms with E-state index in [2.05, 4.69) is 30.6 Å². The molecule has 1 aliphatic rings. The van der Waals surface area contributed by atoms with Crippen LogP contribution in [-0.4, -0.2) is 22.2 Å². The normalized spacial score (nSPS) is 13.4. The number of fused-ring (bicyclic) bond motifs is 1. The number of hydrogen-bond donors (Lipinski definition) is 1. The van der Waals surface area contributed by atoms with Crippen molar-refractivity contribution in [1.82, 2.24) is 9.78 Å². The molecular formula is C21H31ClN4O. The molecule has 5 nitrogen and oxygen atoms in total. The van der Waals surface area contributed by atoms with Gasteiger partial charge in [-0.05, 0) is 62.3 Å². The number of nitrogen functional groups attached to an aromatic ring is 1. The first kappa shape index (κ1) is 21.3. The maximum Gasteiger partial charge on any atom is 0.227 e. The standard InChI is InChI=1S/C21H30N4O.ClH/c1-14(2)13-25-16(4)17(15(3)23-25)10-11-21(26)24-12-6-7-18-19(22)8-5-9-20(18)24;/h5,8-9,14H,6-7,10-13,22H2,1-4H3;1H. The van der Waals surface area contributed by atoms with Gasteiger partial charge >= 0.3 is 0 Å². The van der Waals surface area contributed by atoms with E-state index in [9.17, 15) is 4.79 Å². The highest BCUT2D eigenvalue weighted by molar-refractivity contribution is 5.95. The van der Waals surface area contributed by atoms with Crippen LogP contribution in [0.5, 0.6) is 0 Å². The van der Waals surface area contributed by atoms with Crippen molar-refractivity contribution >= 4 is 29.7 Å². The second-order valence-electron chi connectivity index (χ2n) is 7.72. The Balaban J connectivity index is 0.00000261. The van der Waals surface area contributed by atoms with Crippen molar-refractivity contribution in [2.45, 2.75) is 59.9 Å². The molecule has 6 heteroatoms. The fourth-order valence-electron chi connectivity index (χ4n) is 3.90. The van der Waals surface area contributed by atoms with E-state index in [4.69, 9.17) is 5.73 Å². The van der Waals surface area contributed by atoms with Crippen LogP contribution in [0, 0.1) is 19.8 Å². The quantitative estimate of drug-likeness (QED) is 0.782. The minimum absolute atomic E-state index is 0. The van der Waals surface area contributed by atoms with Crippen LogP contribution in [0.2, 0.25) is 0 Å². The number of rotatable bonds is 5. The molecule has 2 heterocycles. The number of hydrogen-bond acceptors (Lipinski definition) is 3. The molecule has 27 heavy (non-hydrogen) atoms. The summed E-state index contributed by atoms with van der Waals surface area (Å²) in [6.07, 6.45) is 3.16. The molecule has 1 aromatic heterocycles. The lowest BCUT2D eigenvalue weighted by Crippen LogP contribution is -2.35. The molecule has 1 amide bonds. The van der Waals surface area contributed by atoms with E-state index in [-0.39, 0.29) is 18.3 Å². The number of halogens is 1. The molecule has 0 unspecified atom stereocenters. The zero-order valence-corrected chi connectivity index (χ0v) is 17.6. The van der Waals surface area contributed by atoms with Gasteiger partial charge < -0.3 is 10.6 Å². The lowest BCUT2D eigenvalue weighted by atomic mass is 9.99. The number of nitrogens with zero attached hydrogens (tertiary/aromatic N) is 3. The Kier molecular flexibility index (Phi) is 6.93. The lowest BCUT2D eigenvalue weighted by Gasteiger charge is -2.30. The minimum atomic E-state index is 0. The molecule has 0 radical (unpaired) electrons. The first-order valence-corrected chi connectivity index (χ1v) is 9.59. The lowest BCUT2D eigenvalue weighted by molar-refractivity contribution is -0.118. The molecule has 0 aliphatic carbocycles. The predicted molar refractivity (Wildman–Crippen MR) is 114 cm³/mol. The third kappa shape index (κ3) is 4.46. The molecule has 3 rings (SSSR count). The molecule has 1 aromatic carbocycles. The Morgan fingerprint density at radius 3 is 2.74 bits per heavy atom. The monoisotopic (exact) mass is 390 g/mol. The minimum Gasteiger partial charge on any atom is -0.398 e. The fraction of sp³-hybridized carbons (Fsp3) is 0.524. The average molecular weight is 391 g/mol. The molecule has 0 atom stereocenters. The topological polar surface area (TPSA) is 64.2 Å². The molecular weight excluding hydrogens is 360 g/mol. The summed E-state index contributed by atoms with van der Waals surface area (Å²) < 4.78 is 2.08. The van der Waals surface area contributed by atoms with Gasteiger partial charge in [0.25, 0.3) is 0 Å². The van der Waals surface area contributed by atoms with Gasteiger partial charge in [-0.2, -0.15) is 5.10 Å². The summed E-state index contributed by atoms with van der Waals surface area (Å²) in [6, 6.07) is 5.87. The Morgan fingerprint density at radius 1 is 1.30 bits per heavy atom. The number of carbonyl (C=O) groups excluding carboxylic acids is 1. The van der Waals surface area contributed by atoms with Gasteiger partial charge in [0.1, 0.15) is 0 Å². The number of nitrogens with two attached hydrogens (primary N) is 1. The molecule has 2 aromatic rings. The Labute approximate surface area is 168 Å². The van der Waals surface area contributed by atoms with E-state index in [0.29, 0.717) is 12.3 Å². The van der Waals surface area contributed by atoms with Gasteiger partial charge in [0.05, 0.1) is 5.69 Å². The average Bonchev–Trinajstić information content (AvgIpc) is 2.85. The van der Waals surface area contributed by atoms with Crippen molar-refractivity contribution in [1.29, 1.82) is 0 Å². The molecule has 0 saturated carbocycles. The summed E-state index contributed by atoms with van der Waals surface area (Å²) in [6.45, 7) is 10.2. The molecule has 1 aliphatic heterocycles. The number of aromatic nitrogens is 2. The van der Waals surface area contributed by atoms with Gasteiger partial charge in [-0.25, -0.2) is 0 Å². The summed E-state index contributed by atoms with van der Waals surface area (Å²) in [5.41, 5.74) is 12.4. The summed E-state index contributed by atoms with van der Waals surface area (Å²) in [7, 11) is 0. The van der Waals surface area contributed by atoms with Gasteiger partial charge in [-0.1, -0.05) is 19.9 Å². The fourth-order valence-corrected chi connectivity index (χ4v) is 3.90. The molecule has 2 N–H and O–H groups in total. The third-order valence-corrected chi connectivity index (χ3v) is 5.25. The van der Waals surface area contributed by atoms with Crippen molar-refractivity contribution in [3.8, 4) is 0 Å². The predicted octanol–water partition coefficient (Wildman–Crippen LogP) is 4.07.